The van der Waals surface area contributed by atoms with E-state index in [2.05, 4.69) is 35.2 Å². The van der Waals surface area contributed by atoms with Crippen molar-refractivity contribution >= 4 is 73.1 Å². The van der Waals surface area contributed by atoms with E-state index in [1.165, 1.54) is 19.8 Å². The Hall–Kier alpha value is -5.33. The highest BCUT2D eigenvalue weighted by Gasteiger charge is 2.73. The Morgan fingerprint density at radius 3 is 2.55 bits per heavy atom. The molecule has 0 radical (unpaired) electrons. The van der Waals surface area contributed by atoms with Crippen molar-refractivity contribution in [3.63, 3.8) is 0 Å². The minimum Gasteiger partial charge on any atom is -0.376 e. The van der Waals surface area contributed by atoms with Crippen LogP contribution in [-0.2, 0) is 45.7 Å². The number of carbonyl (C=O) groups excluding carboxylic acids is 1. The van der Waals surface area contributed by atoms with E-state index in [0.717, 1.165) is 11.3 Å². The number of carbonyl (C=O) groups is 1. The molecule has 23 nitrogen and oxygen atoms in total. The number of imidazole rings is 1. The van der Waals surface area contributed by atoms with Gasteiger partial charge in [0, 0.05) is 49.5 Å². The normalized spacial score (nSPS) is 31.6. The number of fused-ring (bicyclic) bond motifs is 4. The lowest BCUT2D eigenvalue weighted by atomic mass is 9.94. The number of thiophene rings is 1. The van der Waals surface area contributed by atoms with E-state index in [1.54, 1.807) is 61.0 Å². The van der Waals surface area contributed by atoms with E-state index in [0.29, 0.717) is 28.0 Å². The van der Waals surface area contributed by atoms with Crippen LogP contribution in [0.2, 0.25) is 0 Å². The lowest BCUT2D eigenvalue weighted by Gasteiger charge is -2.32. The molecule has 11 atom stereocenters. The van der Waals surface area contributed by atoms with Crippen LogP contribution in [0.15, 0.2) is 58.2 Å². The Bertz CT molecular complexity index is 2940. The van der Waals surface area contributed by atoms with Gasteiger partial charge < -0.3 is 24.3 Å². The number of benzene rings is 1. The van der Waals surface area contributed by atoms with Crippen LogP contribution in [-0.4, -0.2) is 119 Å². The van der Waals surface area contributed by atoms with Crippen LogP contribution >= 0.6 is 27.0 Å². The number of phosphoric acid groups is 2. The van der Waals surface area contributed by atoms with Gasteiger partial charge in [-0.2, -0.15) is 10.5 Å². The van der Waals surface area contributed by atoms with Crippen LogP contribution in [0, 0.1) is 39.9 Å². The van der Waals surface area contributed by atoms with Gasteiger partial charge in [-0.1, -0.05) is 25.1 Å². The number of rotatable bonds is 13. The number of aromatic nitrogens is 6. The predicted octanol–water partition coefficient (Wildman–Crippen LogP) is 5.84. The van der Waals surface area contributed by atoms with Crippen molar-refractivity contribution < 1.29 is 50.5 Å². The Labute approximate surface area is 386 Å². The summed E-state index contributed by atoms with van der Waals surface area (Å²) >= 11 is 1.13. The molecule has 2 aliphatic carbocycles. The zero-order valence-corrected chi connectivity index (χ0v) is 39.1. The smallest absolute Gasteiger partial charge is 0.376 e. The summed E-state index contributed by atoms with van der Waals surface area (Å²) < 4.78 is 81.5. The summed E-state index contributed by atoms with van der Waals surface area (Å²) in [6, 6.07) is 12.1. The fourth-order valence-corrected chi connectivity index (χ4v) is 13.2. The first-order valence-electron chi connectivity index (χ1n) is 21.1. The van der Waals surface area contributed by atoms with Gasteiger partial charge in [0.05, 0.1) is 86.0 Å². The summed E-state index contributed by atoms with van der Waals surface area (Å²) in [6.07, 6.45) is -1.17. The summed E-state index contributed by atoms with van der Waals surface area (Å²) in [5.41, 5.74) is -0.131. The first-order chi connectivity index (χ1) is 32.3. The molecular weight excluding hydrogens is 933 g/mol. The molecule has 2 saturated carbocycles. The number of methoxy groups -OCH3 is 1. The molecule has 2 saturated heterocycles. The second-order valence-electron chi connectivity index (χ2n) is 16.6. The van der Waals surface area contributed by atoms with E-state index in [9.17, 15) is 24.7 Å². The Morgan fingerprint density at radius 2 is 1.84 bits per heavy atom. The van der Waals surface area contributed by atoms with Gasteiger partial charge in [-0.05, 0) is 24.5 Å². The van der Waals surface area contributed by atoms with E-state index in [1.807, 2.05) is 23.6 Å². The summed E-state index contributed by atoms with van der Waals surface area (Å²) in [6.45, 7) is 0.446. The second kappa shape index (κ2) is 19.0. The molecule has 67 heavy (non-hydrogen) atoms. The number of hydrogen-bond acceptors (Lipinski definition) is 20. The second-order valence-corrected chi connectivity index (χ2v) is 20.7. The first kappa shape index (κ1) is 46.8. The number of ether oxygens (including phenoxy) is 2. The highest BCUT2D eigenvalue weighted by Crippen LogP contribution is 2.74. The average Bonchev–Trinajstić information content (AvgIpc) is 3.60. The molecule has 2 N–H and O–H groups in total. The highest BCUT2D eigenvalue weighted by atomic mass is 32.1. The van der Waals surface area contributed by atoms with Crippen molar-refractivity contribution in [1.29, 1.82) is 10.5 Å². The molecule has 1 aromatic carbocycles. The Kier molecular flexibility index (Phi) is 13.3. The van der Waals surface area contributed by atoms with Gasteiger partial charge in [0.25, 0.3) is 11.5 Å². The summed E-state index contributed by atoms with van der Waals surface area (Å²) in [5, 5.41) is 23.5. The molecule has 4 aliphatic rings. The van der Waals surface area contributed by atoms with Gasteiger partial charge >= 0.3 is 15.6 Å². The molecule has 2 aliphatic heterocycles. The first-order valence-corrected chi connectivity index (χ1v) is 24.9. The fraction of sp³-hybridized carbons (Fsp3) is 0.488. The molecule has 352 valence electrons. The van der Waals surface area contributed by atoms with Crippen molar-refractivity contribution in [2.75, 3.05) is 52.9 Å². The zero-order chi connectivity index (χ0) is 47.1. The van der Waals surface area contributed by atoms with Crippen LogP contribution < -0.4 is 10.9 Å². The number of amides is 1. The van der Waals surface area contributed by atoms with E-state index in [4.69, 9.17) is 36.6 Å². The minimum atomic E-state index is -4.69. The minimum absolute atomic E-state index is 0.0105. The lowest BCUT2D eigenvalue weighted by molar-refractivity contribution is -0.0453. The number of aliphatic imine (C=N–C) groups is 1. The van der Waals surface area contributed by atoms with E-state index in [-0.39, 0.29) is 61.2 Å². The molecule has 5 aromatic rings. The maximum absolute atomic E-state index is 15.1. The number of aromatic amines is 1. The Morgan fingerprint density at radius 1 is 1.09 bits per heavy atom. The van der Waals surface area contributed by atoms with Crippen molar-refractivity contribution in [2.24, 2.45) is 22.2 Å². The molecule has 1 spiro atoms. The molecule has 2 unspecified atom stereocenters. The maximum atomic E-state index is 15.1. The zero-order valence-electron chi connectivity index (χ0n) is 36.5. The Balaban J connectivity index is 1.09. The molecule has 6 heterocycles. The van der Waals surface area contributed by atoms with Crippen LogP contribution in [0.25, 0.3) is 22.1 Å². The monoisotopic (exact) mass is 977 g/mol. The SMILES string of the molecule is CO[C@H]1[C@H]2OP(=O)(OCCC#N)OC[C@]34C[C@@H]3[C@@H](n3cnc5c(NC(=O)c6ccccc6)ncnc53)[C@H](C)[C@@H]4OP(=O)(OCCC#N)OC[C@H]1O[C@H]2c1scc2c(=O)[nH]c(N=CN(C)C)nc12. The summed E-state index contributed by atoms with van der Waals surface area (Å²) in [7, 11) is -4.41. The molecule has 26 heteroatoms. The molecule has 4 fully saturated rings. The molecule has 2 bridgehead atoms. The quantitative estimate of drug-likeness (QED) is 0.0606. The number of nitrogens with one attached hydrogen (secondary N) is 2. The van der Waals surface area contributed by atoms with Gasteiger partial charge in [0.15, 0.2) is 17.0 Å². The number of phosphoric ester groups is 2. The third-order valence-corrected chi connectivity index (χ3v) is 16.1. The largest absolute Gasteiger partial charge is 0.475 e. The van der Waals surface area contributed by atoms with E-state index < -0.39 is 81.6 Å². The predicted molar refractivity (Wildman–Crippen MR) is 238 cm³/mol. The number of anilines is 1. The maximum Gasteiger partial charge on any atom is 0.475 e. The van der Waals surface area contributed by atoms with Crippen LogP contribution in [0.3, 0.4) is 0 Å². The van der Waals surface area contributed by atoms with Crippen LogP contribution in [0.4, 0.5) is 11.8 Å². The topological polar surface area (TPSA) is 290 Å². The number of nitriles is 2. The van der Waals surface area contributed by atoms with E-state index >= 15 is 4.57 Å². The average molecular weight is 978 g/mol. The van der Waals surface area contributed by atoms with Gasteiger partial charge in [-0.3, -0.25) is 41.7 Å². The lowest BCUT2D eigenvalue weighted by Crippen LogP contribution is -2.36. The third-order valence-electron chi connectivity index (χ3n) is 12.2. The van der Waals surface area contributed by atoms with Crippen LogP contribution in [0.1, 0.15) is 53.6 Å². The number of nitrogens with zero attached hydrogens (tertiary/aromatic N) is 9. The third kappa shape index (κ3) is 9.08. The standard InChI is InChI=1S/C41H45N11O12P2S/c1-23-30(52-22-46-29-36(44-20-45-37(29)52)49-38(53)24-10-6-5-7-11-24)26-16-41(26)19-61-66(56,59-15-9-13-43)63-32-31(57-4)27(17-60-65(55,64-35(23)41)58-14-8-12-42)62-33(32)34-28-25(18-67-34)39(54)50-40(48-28)47-21-51(2)3/h5-7,10-11,18,20-23,26-27,30-33,35H,8-9,14-17,19H2,1-4H3,(H,48,50,54)(H,44,45,49,53)/t23-,26+,27+,30-,31+,32+,33+,35-,41+,65?,66?/m0/s1. The molecule has 9 rings (SSSR count). The number of hydrogen-bond donors (Lipinski definition) is 2. The van der Waals surface area contributed by atoms with Crippen molar-refractivity contribution in [3.05, 3.63) is 69.2 Å². The van der Waals surface area contributed by atoms with Crippen molar-refractivity contribution in [2.45, 2.75) is 62.7 Å². The van der Waals surface area contributed by atoms with Gasteiger partial charge in [0.1, 0.15) is 30.7 Å². The molecular formula is C41H45N11O12P2S. The van der Waals surface area contributed by atoms with Crippen molar-refractivity contribution in [1.82, 2.24) is 34.4 Å². The molecule has 4 aromatic heterocycles. The highest BCUT2D eigenvalue weighted by molar-refractivity contribution is 7.48. The van der Waals surface area contributed by atoms with Gasteiger partial charge in [0.2, 0.25) is 5.95 Å². The molecule has 1 amide bonds. The van der Waals surface area contributed by atoms with Crippen molar-refractivity contribution in [3.8, 4) is 12.1 Å². The van der Waals surface area contributed by atoms with Crippen LogP contribution in [0.5, 0.6) is 0 Å². The summed E-state index contributed by atoms with van der Waals surface area (Å²) in [5.74, 6) is -1.00. The summed E-state index contributed by atoms with van der Waals surface area (Å²) in [4.78, 5) is 53.5. The van der Waals surface area contributed by atoms with Gasteiger partial charge in [-0.25, -0.2) is 34.1 Å². The number of H-pyrrole nitrogens is 1. The van der Waals surface area contributed by atoms with Gasteiger partial charge in [-0.15, -0.1) is 11.3 Å². The fourth-order valence-electron chi connectivity index (χ4n) is 9.14.